The van der Waals surface area contributed by atoms with E-state index in [9.17, 15) is 5.11 Å². The first-order valence-electron chi connectivity index (χ1n) is 6.59. The van der Waals surface area contributed by atoms with Gasteiger partial charge in [0.05, 0.1) is 11.8 Å². The van der Waals surface area contributed by atoms with Crippen molar-refractivity contribution in [3.63, 3.8) is 0 Å². The van der Waals surface area contributed by atoms with Gasteiger partial charge in [0.25, 0.3) is 0 Å². The summed E-state index contributed by atoms with van der Waals surface area (Å²) in [6, 6.07) is 0. The predicted octanol–water partition coefficient (Wildman–Crippen LogP) is 1.11. The monoisotopic (exact) mass is 237 g/mol. The van der Waals surface area contributed by atoms with Gasteiger partial charge in [-0.15, -0.1) is 0 Å². The molecule has 1 saturated heterocycles. The van der Waals surface area contributed by atoms with Crippen LogP contribution in [0.4, 0.5) is 0 Å². The van der Waals surface area contributed by atoms with Crippen LogP contribution in [0.2, 0.25) is 0 Å². The Morgan fingerprint density at radius 2 is 2.12 bits per heavy atom. The Balaban J connectivity index is 2.18. The van der Waals surface area contributed by atoms with Crippen LogP contribution in [0.25, 0.3) is 0 Å². The molecule has 4 heteroatoms. The molecule has 1 aliphatic rings. The number of aryl methyl sites for hydroxylation is 2. The summed E-state index contributed by atoms with van der Waals surface area (Å²) >= 11 is 0. The maximum atomic E-state index is 9.57. The number of nitrogens with zero attached hydrogens (tertiary/aromatic N) is 3. The molecule has 0 radical (unpaired) electrons. The minimum Gasteiger partial charge on any atom is -0.392 e. The second-order valence-electron chi connectivity index (χ2n) is 4.88. The third kappa shape index (κ3) is 2.53. The maximum absolute atomic E-state index is 9.57. The van der Waals surface area contributed by atoms with E-state index in [1.165, 1.54) is 17.0 Å². The van der Waals surface area contributed by atoms with Crippen molar-refractivity contribution in [3.8, 4) is 0 Å². The van der Waals surface area contributed by atoms with E-state index in [0.717, 1.165) is 38.9 Å². The SMILES string of the molecule is CCc1nn(C)c(CC)c1CN1CC[C@H](O)C1. The molecule has 0 bridgehead atoms. The summed E-state index contributed by atoms with van der Waals surface area (Å²) in [5.74, 6) is 0. The van der Waals surface area contributed by atoms with Gasteiger partial charge >= 0.3 is 0 Å². The summed E-state index contributed by atoms with van der Waals surface area (Å²) in [7, 11) is 2.03. The Morgan fingerprint density at radius 3 is 2.65 bits per heavy atom. The Kier molecular flexibility index (Phi) is 3.84. The van der Waals surface area contributed by atoms with Crippen molar-refractivity contribution in [3.05, 3.63) is 17.0 Å². The summed E-state index contributed by atoms with van der Waals surface area (Å²) in [5, 5.41) is 14.2. The molecule has 1 fully saturated rings. The average Bonchev–Trinajstić information content (AvgIpc) is 2.83. The van der Waals surface area contributed by atoms with Crippen LogP contribution in [0.15, 0.2) is 0 Å². The molecule has 1 atom stereocenters. The first-order chi connectivity index (χ1) is 8.15. The third-order valence-corrected chi connectivity index (χ3v) is 3.66. The van der Waals surface area contributed by atoms with Crippen molar-refractivity contribution in [2.24, 2.45) is 7.05 Å². The lowest BCUT2D eigenvalue weighted by Gasteiger charge is -2.16. The molecule has 1 aliphatic heterocycles. The van der Waals surface area contributed by atoms with Crippen molar-refractivity contribution in [2.45, 2.75) is 45.8 Å². The summed E-state index contributed by atoms with van der Waals surface area (Å²) in [5.41, 5.74) is 3.93. The fourth-order valence-corrected chi connectivity index (χ4v) is 2.75. The molecule has 0 aliphatic carbocycles. The highest BCUT2D eigenvalue weighted by Crippen LogP contribution is 2.20. The van der Waals surface area contributed by atoms with Gasteiger partial charge < -0.3 is 5.11 Å². The molecule has 1 aromatic rings. The number of hydrogen-bond acceptors (Lipinski definition) is 3. The van der Waals surface area contributed by atoms with Crippen molar-refractivity contribution in [1.29, 1.82) is 0 Å². The fourth-order valence-electron chi connectivity index (χ4n) is 2.75. The largest absolute Gasteiger partial charge is 0.392 e. The molecule has 0 saturated carbocycles. The molecule has 0 unspecified atom stereocenters. The summed E-state index contributed by atoms with van der Waals surface area (Å²) in [6.07, 6.45) is 2.78. The molecular formula is C13H23N3O. The molecule has 2 rings (SSSR count). The van der Waals surface area contributed by atoms with Gasteiger partial charge in [-0.1, -0.05) is 13.8 Å². The highest BCUT2D eigenvalue weighted by atomic mass is 16.3. The zero-order valence-corrected chi connectivity index (χ0v) is 11.1. The van der Waals surface area contributed by atoms with Crippen LogP contribution in [0, 0.1) is 0 Å². The topological polar surface area (TPSA) is 41.3 Å². The number of aliphatic hydroxyl groups excluding tert-OH is 1. The molecule has 0 aromatic carbocycles. The van der Waals surface area contributed by atoms with E-state index >= 15 is 0 Å². The molecule has 17 heavy (non-hydrogen) atoms. The van der Waals surface area contributed by atoms with Gasteiger partial charge in [0.2, 0.25) is 0 Å². The highest BCUT2D eigenvalue weighted by Gasteiger charge is 2.23. The number of rotatable bonds is 4. The first-order valence-corrected chi connectivity index (χ1v) is 6.59. The van der Waals surface area contributed by atoms with E-state index in [0.29, 0.717) is 0 Å². The Morgan fingerprint density at radius 1 is 1.35 bits per heavy atom. The molecule has 0 spiro atoms. The second-order valence-corrected chi connectivity index (χ2v) is 4.88. The minimum atomic E-state index is -0.137. The highest BCUT2D eigenvalue weighted by molar-refractivity contribution is 5.26. The van der Waals surface area contributed by atoms with Gasteiger partial charge in [0.15, 0.2) is 0 Å². The van der Waals surface area contributed by atoms with E-state index in [1.54, 1.807) is 0 Å². The van der Waals surface area contributed by atoms with Crippen LogP contribution in [0.5, 0.6) is 0 Å². The Labute approximate surface area is 103 Å². The van der Waals surface area contributed by atoms with Crippen LogP contribution in [-0.2, 0) is 26.4 Å². The van der Waals surface area contributed by atoms with Crippen LogP contribution < -0.4 is 0 Å². The smallest absolute Gasteiger partial charge is 0.0679 e. The predicted molar refractivity (Wildman–Crippen MR) is 67.9 cm³/mol. The molecule has 0 amide bonds. The molecule has 96 valence electrons. The lowest BCUT2D eigenvalue weighted by Crippen LogP contribution is -2.22. The normalized spacial score (nSPS) is 21.3. The third-order valence-electron chi connectivity index (χ3n) is 3.66. The van der Waals surface area contributed by atoms with Crippen molar-refractivity contribution in [2.75, 3.05) is 13.1 Å². The van der Waals surface area contributed by atoms with Crippen LogP contribution in [0.3, 0.4) is 0 Å². The van der Waals surface area contributed by atoms with Crippen LogP contribution in [0.1, 0.15) is 37.2 Å². The number of aliphatic hydroxyl groups is 1. The maximum Gasteiger partial charge on any atom is 0.0679 e. The lowest BCUT2D eigenvalue weighted by atomic mass is 10.1. The summed E-state index contributed by atoms with van der Waals surface area (Å²) in [6.45, 7) is 7.09. The van der Waals surface area contributed by atoms with E-state index < -0.39 is 0 Å². The van der Waals surface area contributed by atoms with Crippen LogP contribution in [-0.4, -0.2) is 39.0 Å². The average molecular weight is 237 g/mol. The van der Waals surface area contributed by atoms with Crippen molar-refractivity contribution in [1.82, 2.24) is 14.7 Å². The lowest BCUT2D eigenvalue weighted by molar-refractivity contribution is 0.174. The zero-order valence-electron chi connectivity index (χ0n) is 11.1. The van der Waals surface area contributed by atoms with Gasteiger partial charge in [-0.2, -0.15) is 5.10 Å². The molecule has 4 nitrogen and oxygen atoms in total. The van der Waals surface area contributed by atoms with Crippen LogP contribution >= 0.6 is 0 Å². The van der Waals surface area contributed by atoms with E-state index in [1.807, 2.05) is 11.7 Å². The zero-order chi connectivity index (χ0) is 12.4. The van der Waals surface area contributed by atoms with Crippen molar-refractivity contribution < 1.29 is 5.11 Å². The standard InChI is InChI=1S/C13H23N3O/c1-4-12-11(13(5-2)15(3)14-12)9-16-7-6-10(17)8-16/h10,17H,4-9H2,1-3H3/t10-/m0/s1. The van der Waals surface area contributed by atoms with Gasteiger partial charge in [-0.05, 0) is 19.3 Å². The second kappa shape index (κ2) is 5.19. The van der Waals surface area contributed by atoms with E-state index in [4.69, 9.17) is 0 Å². The van der Waals surface area contributed by atoms with Gasteiger partial charge in [-0.3, -0.25) is 9.58 Å². The molecule has 1 N–H and O–H groups in total. The Hall–Kier alpha value is -0.870. The molecule has 2 heterocycles. The number of hydrogen-bond donors (Lipinski definition) is 1. The Bertz CT molecular complexity index is 386. The summed E-state index contributed by atoms with van der Waals surface area (Å²) in [4.78, 5) is 2.33. The molecular weight excluding hydrogens is 214 g/mol. The fraction of sp³-hybridized carbons (Fsp3) is 0.769. The van der Waals surface area contributed by atoms with E-state index in [2.05, 4.69) is 23.8 Å². The number of β-amino-alcohol motifs (C(OH)–C–C–N with tert-alkyl or cyclic N) is 1. The summed E-state index contributed by atoms with van der Waals surface area (Å²) < 4.78 is 2.01. The quantitative estimate of drug-likeness (QED) is 0.853. The van der Waals surface area contributed by atoms with Gasteiger partial charge in [-0.25, -0.2) is 0 Å². The number of aromatic nitrogens is 2. The number of likely N-dealkylation sites (tertiary alicyclic amines) is 1. The van der Waals surface area contributed by atoms with Gasteiger partial charge in [0, 0.05) is 37.9 Å². The molecule has 1 aromatic heterocycles. The first kappa shape index (κ1) is 12.6. The van der Waals surface area contributed by atoms with E-state index in [-0.39, 0.29) is 6.10 Å². The minimum absolute atomic E-state index is 0.137. The van der Waals surface area contributed by atoms with Gasteiger partial charge in [0.1, 0.15) is 0 Å². The van der Waals surface area contributed by atoms with Crippen molar-refractivity contribution >= 4 is 0 Å².